The Morgan fingerprint density at radius 3 is 2.46 bits per heavy atom. The van der Waals surface area contributed by atoms with Crippen LogP contribution in [-0.4, -0.2) is 10.9 Å². The highest BCUT2D eigenvalue weighted by Crippen LogP contribution is 2.26. The van der Waals surface area contributed by atoms with E-state index in [9.17, 15) is 5.11 Å². The van der Waals surface area contributed by atoms with Crippen LogP contribution in [0, 0.1) is 5.92 Å². The number of aromatic hydroxyl groups is 1. The maximum Gasteiger partial charge on any atom is 0.115 e. The lowest BCUT2D eigenvalue weighted by atomic mass is 10.1. The average Bonchev–Trinajstić information content (AvgIpc) is 2.60. The summed E-state index contributed by atoms with van der Waals surface area (Å²) in [5.41, 5.74) is 2.64. The number of nitrogens with one attached hydrogen (secondary N) is 1. The third kappa shape index (κ3) is 4.62. The summed E-state index contributed by atoms with van der Waals surface area (Å²) in [6.07, 6.45) is 2.92. The van der Waals surface area contributed by atoms with Crippen LogP contribution in [0.15, 0.2) is 59.6 Å². The molecule has 2 rings (SSSR count). The van der Waals surface area contributed by atoms with E-state index >= 15 is 0 Å². The molecule has 0 aliphatic heterocycles. The number of amidine groups is 1. The van der Waals surface area contributed by atoms with Crippen molar-refractivity contribution in [2.45, 2.75) is 27.2 Å². The molecule has 0 spiro atoms. The zero-order valence-corrected chi connectivity index (χ0v) is 15.0. The highest BCUT2D eigenvalue weighted by Gasteiger charge is 2.12. The van der Waals surface area contributed by atoms with Crippen molar-refractivity contribution >= 4 is 28.8 Å². The molecule has 0 aliphatic carbocycles. The molecule has 0 aliphatic rings. The molecule has 1 atom stereocenters. The fourth-order valence-electron chi connectivity index (χ4n) is 2.23. The lowest BCUT2D eigenvalue weighted by Crippen LogP contribution is -2.20. The molecule has 0 radical (unpaired) electrons. The summed E-state index contributed by atoms with van der Waals surface area (Å²) in [4.78, 5) is 4.83. The minimum atomic E-state index is 0.243. The first kappa shape index (κ1) is 18.1. The van der Waals surface area contributed by atoms with Crippen LogP contribution in [0.25, 0.3) is 5.70 Å². The van der Waals surface area contributed by atoms with E-state index in [0.29, 0.717) is 5.02 Å². The first-order chi connectivity index (χ1) is 11.5. The average molecular weight is 343 g/mol. The molecule has 2 aromatic rings. The van der Waals surface area contributed by atoms with E-state index in [1.165, 1.54) is 0 Å². The van der Waals surface area contributed by atoms with E-state index in [2.05, 4.69) is 19.2 Å². The molecule has 126 valence electrons. The van der Waals surface area contributed by atoms with Gasteiger partial charge in [-0.05, 0) is 43.7 Å². The zero-order chi connectivity index (χ0) is 17.5. The van der Waals surface area contributed by atoms with Crippen LogP contribution in [-0.2, 0) is 0 Å². The Bertz CT molecular complexity index is 736. The Kier molecular flexibility index (Phi) is 6.44. The first-order valence-corrected chi connectivity index (χ1v) is 8.48. The predicted molar refractivity (Wildman–Crippen MR) is 104 cm³/mol. The molecule has 4 heteroatoms. The normalized spacial score (nSPS) is 13.7. The number of anilines is 1. The molecule has 24 heavy (non-hydrogen) atoms. The number of hydrogen-bond donors (Lipinski definition) is 2. The lowest BCUT2D eigenvalue weighted by Gasteiger charge is -2.17. The largest absolute Gasteiger partial charge is 0.508 e. The Morgan fingerprint density at radius 2 is 1.88 bits per heavy atom. The maximum absolute atomic E-state index is 9.43. The molecular formula is C20H23ClN2O. The Labute approximate surface area is 148 Å². The molecule has 0 heterocycles. The monoisotopic (exact) mass is 342 g/mol. The van der Waals surface area contributed by atoms with Crippen molar-refractivity contribution < 1.29 is 5.11 Å². The molecule has 0 bridgehead atoms. The minimum Gasteiger partial charge on any atom is -0.508 e. The highest BCUT2D eigenvalue weighted by atomic mass is 35.5. The second kappa shape index (κ2) is 8.55. The number of rotatable bonds is 5. The lowest BCUT2D eigenvalue weighted by molar-refractivity contribution is 0.475. The van der Waals surface area contributed by atoms with Gasteiger partial charge >= 0.3 is 0 Å². The zero-order valence-electron chi connectivity index (χ0n) is 14.3. The van der Waals surface area contributed by atoms with Crippen molar-refractivity contribution in [3.63, 3.8) is 0 Å². The number of phenols is 1. The predicted octanol–water partition coefficient (Wildman–Crippen LogP) is 5.96. The molecule has 0 fully saturated rings. The standard InChI is InChI=1S/C20H23ClN2O/c1-4-14(3)20(22-15-10-12-16(24)13-11-15)23-19(5-2)17-8-6-7-9-18(17)21/h5-14,24H,4H2,1-3H3,(H,22,23)/b19-5-. The van der Waals surface area contributed by atoms with Crippen molar-refractivity contribution in [2.24, 2.45) is 10.9 Å². The van der Waals surface area contributed by atoms with Gasteiger partial charge in [0.25, 0.3) is 0 Å². The Hall–Kier alpha value is -2.26. The van der Waals surface area contributed by atoms with E-state index in [0.717, 1.165) is 29.2 Å². The third-order valence-electron chi connectivity index (χ3n) is 3.88. The van der Waals surface area contributed by atoms with E-state index < -0.39 is 0 Å². The Morgan fingerprint density at radius 1 is 1.21 bits per heavy atom. The number of nitrogens with zero attached hydrogens (tertiary/aromatic N) is 1. The summed E-state index contributed by atoms with van der Waals surface area (Å²) in [6, 6.07) is 14.7. The van der Waals surface area contributed by atoms with Crippen LogP contribution in [0.4, 0.5) is 5.69 Å². The molecule has 0 saturated carbocycles. The summed E-state index contributed by atoms with van der Waals surface area (Å²) in [5.74, 6) is 1.38. The highest BCUT2D eigenvalue weighted by molar-refractivity contribution is 6.32. The quantitative estimate of drug-likeness (QED) is 0.400. The molecule has 1 unspecified atom stereocenters. The number of hydrogen-bond acceptors (Lipinski definition) is 2. The van der Waals surface area contributed by atoms with Crippen LogP contribution < -0.4 is 5.32 Å². The van der Waals surface area contributed by atoms with Gasteiger partial charge in [-0.1, -0.05) is 49.7 Å². The van der Waals surface area contributed by atoms with Crippen LogP contribution in [0.1, 0.15) is 32.8 Å². The SMILES string of the molecule is C/C=C(\N=C(Nc1ccc(O)cc1)C(C)CC)c1ccccc1Cl. The summed E-state index contributed by atoms with van der Waals surface area (Å²) >= 11 is 6.31. The summed E-state index contributed by atoms with van der Waals surface area (Å²) < 4.78 is 0. The number of halogens is 1. The molecule has 0 aromatic heterocycles. The second-order valence-electron chi connectivity index (χ2n) is 5.63. The topological polar surface area (TPSA) is 44.6 Å². The fourth-order valence-corrected chi connectivity index (χ4v) is 2.46. The molecule has 0 amide bonds. The Balaban J connectivity index is 2.37. The van der Waals surface area contributed by atoms with Crippen molar-refractivity contribution in [3.05, 3.63) is 65.2 Å². The number of benzene rings is 2. The van der Waals surface area contributed by atoms with Crippen molar-refractivity contribution in [3.8, 4) is 5.75 Å². The van der Waals surface area contributed by atoms with Crippen molar-refractivity contribution in [1.29, 1.82) is 0 Å². The summed E-state index contributed by atoms with van der Waals surface area (Å²) in [6.45, 7) is 6.21. The van der Waals surface area contributed by atoms with E-state index in [-0.39, 0.29) is 11.7 Å². The fraction of sp³-hybridized carbons (Fsp3) is 0.250. The molecule has 3 nitrogen and oxygen atoms in total. The first-order valence-electron chi connectivity index (χ1n) is 8.11. The summed E-state index contributed by atoms with van der Waals surface area (Å²) in [7, 11) is 0. The van der Waals surface area contributed by atoms with Crippen LogP contribution >= 0.6 is 11.6 Å². The van der Waals surface area contributed by atoms with Crippen LogP contribution in [0.5, 0.6) is 5.75 Å². The van der Waals surface area contributed by atoms with Crippen molar-refractivity contribution in [2.75, 3.05) is 5.32 Å². The smallest absolute Gasteiger partial charge is 0.115 e. The molecule has 0 saturated heterocycles. The van der Waals surface area contributed by atoms with Crippen molar-refractivity contribution in [1.82, 2.24) is 0 Å². The van der Waals surface area contributed by atoms with E-state index in [1.54, 1.807) is 12.1 Å². The van der Waals surface area contributed by atoms with Gasteiger partial charge in [0.05, 0.1) is 5.70 Å². The maximum atomic E-state index is 9.43. The van der Waals surface area contributed by atoms with Gasteiger partial charge in [-0.3, -0.25) is 0 Å². The summed E-state index contributed by atoms with van der Waals surface area (Å²) in [5, 5.41) is 13.5. The number of aliphatic imine (C=N–C) groups is 1. The van der Waals surface area contributed by atoms with E-state index in [1.807, 2.05) is 49.4 Å². The van der Waals surface area contributed by atoms with Gasteiger partial charge in [0, 0.05) is 22.2 Å². The third-order valence-corrected chi connectivity index (χ3v) is 4.21. The van der Waals surface area contributed by atoms with Gasteiger partial charge in [-0.25, -0.2) is 4.99 Å². The van der Waals surface area contributed by atoms with Gasteiger partial charge in [-0.15, -0.1) is 0 Å². The van der Waals surface area contributed by atoms with Crippen LogP contribution in [0.3, 0.4) is 0 Å². The van der Waals surface area contributed by atoms with Gasteiger partial charge in [0.1, 0.15) is 11.6 Å². The second-order valence-corrected chi connectivity index (χ2v) is 6.04. The molecular weight excluding hydrogens is 320 g/mol. The minimum absolute atomic E-state index is 0.243. The van der Waals surface area contributed by atoms with E-state index in [4.69, 9.17) is 16.6 Å². The number of phenolic OH excluding ortho intramolecular Hbond substituents is 1. The molecule has 2 aromatic carbocycles. The van der Waals surface area contributed by atoms with Crippen LogP contribution in [0.2, 0.25) is 5.02 Å². The van der Waals surface area contributed by atoms with Gasteiger partial charge in [0.15, 0.2) is 0 Å². The van der Waals surface area contributed by atoms with Gasteiger partial charge in [0.2, 0.25) is 0 Å². The van der Waals surface area contributed by atoms with Gasteiger partial charge in [-0.2, -0.15) is 0 Å². The van der Waals surface area contributed by atoms with Gasteiger partial charge < -0.3 is 10.4 Å². The molecule has 2 N–H and O–H groups in total. The number of allylic oxidation sites excluding steroid dienone is 1.